The molecule has 1 unspecified atom stereocenters. The number of aryl methyl sites for hydroxylation is 1. The van der Waals surface area contributed by atoms with Crippen molar-refractivity contribution in [1.82, 2.24) is 19.7 Å². The monoisotopic (exact) mass is 388 g/mol. The number of sulfonamides is 1. The molecule has 0 saturated heterocycles. The van der Waals surface area contributed by atoms with Gasteiger partial charge in [-0.15, -0.1) is 5.10 Å². The fraction of sp³-hybridized carbons (Fsp3) is 0.750. The summed E-state index contributed by atoms with van der Waals surface area (Å²) < 4.78 is 27.8. The summed E-state index contributed by atoms with van der Waals surface area (Å²) in [6.07, 6.45) is 1.68. The van der Waals surface area contributed by atoms with Gasteiger partial charge in [0.2, 0.25) is 5.03 Å². The van der Waals surface area contributed by atoms with Gasteiger partial charge in [-0.05, 0) is 28.8 Å². The molecular weight excluding hydrogens is 376 g/mol. The minimum absolute atomic E-state index is 0.0457. The third-order valence-corrected chi connectivity index (χ3v) is 4.87. The van der Waals surface area contributed by atoms with E-state index in [0.29, 0.717) is 11.4 Å². The number of nitrogens with one attached hydrogen (secondary N) is 1. The van der Waals surface area contributed by atoms with Crippen LogP contribution in [0.3, 0.4) is 0 Å². The second kappa shape index (κ2) is 6.26. The molecular formula is C8H14Br2N4O2S. The second-order valence-corrected chi connectivity index (χ2v) is 7.63. The van der Waals surface area contributed by atoms with Gasteiger partial charge in [0.05, 0.1) is 0 Å². The van der Waals surface area contributed by atoms with Gasteiger partial charge >= 0.3 is 0 Å². The first-order valence-electron chi connectivity index (χ1n) is 5.03. The molecule has 0 aromatic carbocycles. The van der Waals surface area contributed by atoms with Crippen LogP contribution in [0.15, 0.2) is 9.63 Å². The molecule has 0 bridgehead atoms. The third kappa shape index (κ3) is 4.31. The molecule has 1 rings (SSSR count). The molecule has 1 N–H and O–H groups in total. The molecule has 0 aliphatic carbocycles. The molecule has 0 aliphatic rings. The van der Waals surface area contributed by atoms with Crippen LogP contribution in [0.5, 0.6) is 0 Å². The van der Waals surface area contributed by atoms with E-state index in [9.17, 15) is 8.42 Å². The summed E-state index contributed by atoms with van der Waals surface area (Å²) in [5.74, 6) is 0. The summed E-state index contributed by atoms with van der Waals surface area (Å²) in [4.78, 5) is 0.386. The van der Waals surface area contributed by atoms with Crippen molar-refractivity contribution < 1.29 is 8.42 Å². The zero-order chi connectivity index (χ0) is 13.1. The maximum absolute atomic E-state index is 11.9. The van der Waals surface area contributed by atoms with Gasteiger partial charge in [-0.1, -0.05) is 28.1 Å². The number of hydrogen-bond acceptors (Lipinski definition) is 4. The molecule has 1 heterocycles. The summed E-state index contributed by atoms with van der Waals surface area (Å²) in [5.41, 5.74) is 0. The van der Waals surface area contributed by atoms with Gasteiger partial charge in [0.25, 0.3) is 10.0 Å². The van der Waals surface area contributed by atoms with Crippen LogP contribution in [0.25, 0.3) is 0 Å². The third-order valence-electron chi connectivity index (χ3n) is 2.06. The first-order valence-corrected chi connectivity index (χ1v) is 8.22. The number of hydrogen-bond donors (Lipinski definition) is 1. The summed E-state index contributed by atoms with van der Waals surface area (Å²) >= 11 is 6.47. The Bertz CT molecular complexity index is 452. The molecule has 98 valence electrons. The van der Waals surface area contributed by atoms with E-state index in [0.717, 1.165) is 12.8 Å². The van der Waals surface area contributed by atoms with E-state index in [1.54, 1.807) is 0 Å². The van der Waals surface area contributed by atoms with Gasteiger partial charge in [-0.25, -0.2) is 17.8 Å². The average Bonchev–Trinajstić information content (AvgIpc) is 2.53. The number of rotatable bonds is 6. The van der Waals surface area contributed by atoms with E-state index in [2.05, 4.69) is 46.9 Å². The van der Waals surface area contributed by atoms with E-state index in [1.807, 2.05) is 6.92 Å². The van der Waals surface area contributed by atoms with E-state index in [1.165, 1.54) is 11.7 Å². The van der Waals surface area contributed by atoms with Crippen molar-refractivity contribution in [2.75, 3.05) is 6.54 Å². The first-order chi connectivity index (χ1) is 7.84. The van der Waals surface area contributed by atoms with Crippen LogP contribution in [0.1, 0.15) is 19.8 Å². The second-order valence-electron chi connectivity index (χ2n) is 3.63. The Kier molecular flexibility index (Phi) is 5.55. The summed E-state index contributed by atoms with van der Waals surface area (Å²) in [6, 6.07) is 0. The van der Waals surface area contributed by atoms with Crippen LogP contribution in [-0.2, 0) is 17.1 Å². The highest BCUT2D eigenvalue weighted by atomic mass is 79.9. The van der Waals surface area contributed by atoms with Crippen LogP contribution in [0.4, 0.5) is 0 Å². The van der Waals surface area contributed by atoms with Crippen molar-refractivity contribution in [3.05, 3.63) is 4.60 Å². The molecule has 0 radical (unpaired) electrons. The molecule has 0 fully saturated rings. The Balaban J connectivity index is 2.64. The molecule has 0 amide bonds. The lowest BCUT2D eigenvalue weighted by Crippen LogP contribution is -2.27. The Labute approximate surface area is 117 Å². The molecule has 1 aromatic rings. The fourth-order valence-corrected chi connectivity index (χ4v) is 3.75. The fourth-order valence-electron chi connectivity index (χ4n) is 1.27. The van der Waals surface area contributed by atoms with Gasteiger partial charge in [0.15, 0.2) is 4.60 Å². The molecule has 0 aliphatic heterocycles. The van der Waals surface area contributed by atoms with Crippen LogP contribution >= 0.6 is 31.9 Å². The van der Waals surface area contributed by atoms with Crippen LogP contribution in [-0.4, -0.2) is 34.8 Å². The van der Waals surface area contributed by atoms with Gasteiger partial charge in [-0.3, -0.25) is 0 Å². The Morgan fingerprint density at radius 3 is 2.65 bits per heavy atom. The maximum Gasteiger partial charge on any atom is 0.260 e. The van der Waals surface area contributed by atoms with E-state index < -0.39 is 10.0 Å². The molecule has 1 aromatic heterocycles. The standard InChI is InChI=1S/C8H14Br2N4O2S/c1-6(9)4-3-5-11-17(15,16)8-7(10)12-13-14(8)2/h6,11H,3-5H2,1-2H3. The van der Waals surface area contributed by atoms with Crippen molar-refractivity contribution in [2.45, 2.75) is 29.6 Å². The van der Waals surface area contributed by atoms with E-state index in [4.69, 9.17) is 0 Å². The Morgan fingerprint density at radius 2 is 2.18 bits per heavy atom. The number of nitrogens with zero attached hydrogens (tertiary/aromatic N) is 3. The molecule has 6 nitrogen and oxygen atoms in total. The quantitative estimate of drug-likeness (QED) is 0.589. The SMILES string of the molecule is CC(Br)CCCNS(=O)(=O)c1c(Br)nnn1C. The first kappa shape index (κ1) is 15.1. The highest BCUT2D eigenvalue weighted by molar-refractivity contribution is 9.10. The lowest BCUT2D eigenvalue weighted by atomic mass is 10.2. The zero-order valence-electron chi connectivity index (χ0n) is 9.52. The molecule has 9 heteroatoms. The Hall–Kier alpha value is 0.0100. The van der Waals surface area contributed by atoms with Crippen LogP contribution < -0.4 is 4.72 Å². The van der Waals surface area contributed by atoms with Gasteiger partial charge < -0.3 is 0 Å². The van der Waals surface area contributed by atoms with Crippen molar-refractivity contribution in [1.29, 1.82) is 0 Å². The number of aromatic nitrogens is 3. The van der Waals surface area contributed by atoms with Crippen molar-refractivity contribution in [3.63, 3.8) is 0 Å². The average molecular weight is 390 g/mol. The minimum Gasteiger partial charge on any atom is -0.235 e. The Morgan fingerprint density at radius 1 is 1.53 bits per heavy atom. The largest absolute Gasteiger partial charge is 0.260 e. The van der Waals surface area contributed by atoms with Gasteiger partial charge in [-0.2, -0.15) is 0 Å². The van der Waals surface area contributed by atoms with Gasteiger partial charge in [0, 0.05) is 18.4 Å². The molecule has 0 saturated carbocycles. The summed E-state index contributed by atoms with van der Waals surface area (Å²) in [6.45, 7) is 2.42. The molecule has 17 heavy (non-hydrogen) atoms. The predicted octanol–water partition coefficient (Wildman–Crippen LogP) is 1.42. The minimum atomic E-state index is -3.55. The topological polar surface area (TPSA) is 76.9 Å². The van der Waals surface area contributed by atoms with Crippen molar-refractivity contribution >= 4 is 41.9 Å². The summed E-state index contributed by atoms with van der Waals surface area (Å²) in [5, 5.41) is 7.32. The van der Waals surface area contributed by atoms with Crippen LogP contribution in [0.2, 0.25) is 0 Å². The summed E-state index contributed by atoms with van der Waals surface area (Å²) in [7, 11) is -2.02. The lowest BCUT2D eigenvalue weighted by Gasteiger charge is -2.07. The van der Waals surface area contributed by atoms with E-state index >= 15 is 0 Å². The number of alkyl halides is 1. The smallest absolute Gasteiger partial charge is 0.235 e. The van der Waals surface area contributed by atoms with Gasteiger partial charge in [0.1, 0.15) is 0 Å². The van der Waals surface area contributed by atoms with Crippen molar-refractivity contribution in [2.24, 2.45) is 7.05 Å². The zero-order valence-corrected chi connectivity index (χ0v) is 13.5. The highest BCUT2D eigenvalue weighted by Crippen LogP contribution is 2.17. The van der Waals surface area contributed by atoms with E-state index in [-0.39, 0.29) is 9.63 Å². The van der Waals surface area contributed by atoms with Crippen LogP contribution in [0, 0.1) is 0 Å². The highest BCUT2D eigenvalue weighted by Gasteiger charge is 2.23. The maximum atomic E-state index is 11.9. The van der Waals surface area contributed by atoms with Crippen molar-refractivity contribution in [3.8, 4) is 0 Å². The predicted molar refractivity (Wildman–Crippen MR) is 71.5 cm³/mol. The normalized spacial score (nSPS) is 13.9. The molecule has 1 atom stereocenters. The molecule has 0 spiro atoms. The lowest BCUT2D eigenvalue weighted by molar-refractivity contribution is 0.556. The number of halogens is 2.